The van der Waals surface area contributed by atoms with Crippen LogP contribution in [0.1, 0.15) is 25.0 Å². The van der Waals surface area contributed by atoms with Gasteiger partial charge in [0.25, 0.3) is 0 Å². The number of benzene rings is 1. The maximum absolute atomic E-state index is 12.6. The van der Waals surface area contributed by atoms with Gasteiger partial charge < -0.3 is 15.0 Å². The Hall–Kier alpha value is -3.50. The lowest BCUT2D eigenvalue weighted by Crippen LogP contribution is -2.47. The number of nitrogens with one attached hydrogen (secondary N) is 1. The first kappa shape index (κ1) is 26.1. The Kier molecular flexibility index (Phi) is 7.90. The van der Waals surface area contributed by atoms with Crippen LogP contribution in [-0.2, 0) is 22.5 Å². The molecule has 0 aliphatic carbocycles. The predicted molar refractivity (Wildman–Crippen MR) is 151 cm³/mol. The summed E-state index contributed by atoms with van der Waals surface area (Å²) >= 11 is 1.54. The SMILES string of the molecule is C=CC(=O)N1CCN(Cc2ccc(CCNc3nc(N4C(=O)OC[C@@H]4C(C)C)c4sccc4n3)cc2)CC1. The Labute approximate surface area is 227 Å². The summed E-state index contributed by atoms with van der Waals surface area (Å²) in [4.78, 5) is 39.7. The highest BCUT2D eigenvalue weighted by Gasteiger charge is 2.38. The molecule has 1 atom stereocenters. The minimum Gasteiger partial charge on any atom is -0.447 e. The van der Waals surface area contributed by atoms with Gasteiger partial charge in [0, 0.05) is 39.3 Å². The summed E-state index contributed by atoms with van der Waals surface area (Å²) in [7, 11) is 0. The number of carbonyl (C=O) groups is 2. The Balaban J connectivity index is 1.18. The lowest BCUT2D eigenvalue weighted by atomic mass is 10.0. The van der Waals surface area contributed by atoms with Crippen molar-refractivity contribution < 1.29 is 14.3 Å². The van der Waals surface area contributed by atoms with E-state index in [0.717, 1.165) is 49.4 Å². The van der Waals surface area contributed by atoms with Crippen LogP contribution in [0.3, 0.4) is 0 Å². The molecular weight excluding hydrogens is 500 g/mol. The minimum atomic E-state index is -0.352. The van der Waals surface area contributed by atoms with Gasteiger partial charge in [0.1, 0.15) is 6.61 Å². The summed E-state index contributed by atoms with van der Waals surface area (Å²) < 4.78 is 6.26. The molecule has 0 saturated carbocycles. The van der Waals surface area contributed by atoms with E-state index in [1.165, 1.54) is 28.5 Å². The topological polar surface area (TPSA) is 90.9 Å². The molecule has 5 rings (SSSR count). The number of hydrogen-bond acceptors (Lipinski definition) is 8. The zero-order valence-corrected chi connectivity index (χ0v) is 22.7. The van der Waals surface area contributed by atoms with Crippen molar-refractivity contribution in [3.63, 3.8) is 0 Å². The second-order valence-corrected chi connectivity index (χ2v) is 11.0. The monoisotopic (exact) mass is 534 g/mol. The normalized spacial score (nSPS) is 18.3. The number of aromatic nitrogens is 2. The van der Waals surface area contributed by atoms with Crippen LogP contribution in [0.4, 0.5) is 16.6 Å². The molecule has 2 aromatic heterocycles. The standard InChI is InChI=1S/C28H34N6O3S/c1-4-24(35)33-14-12-32(13-15-33)17-21-7-5-20(6-8-21)9-11-29-27-30-22-10-16-38-25(22)26(31-27)34-23(19(2)3)18-37-28(34)36/h4-8,10,16,19,23H,1,9,11-15,17-18H2,2-3H3,(H,29,30,31)/t23-/m1/s1. The average Bonchev–Trinajstić information content (AvgIpc) is 3.56. The van der Waals surface area contributed by atoms with E-state index < -0.39 is 0 Å². The number of hydrogen-bond donors (Lipinski definition) is 1. The second-order valence-electron chi connectivity index (χ2n) is 10.1. The van der Waals surface area contributed by atoms with E-state index in [-0.39, 0.29) is 24.0 Å². The first-order valence-corrected chi connectivity index (χ1v) is 14.0. The van der Waals surface area contributed by atoms with Crippen LogP contribution in [0.15, 0.2) is 48.4 Å². The first-order chi connectivity index (χ1) is 18.4. The summed E-state index contributed by atoms with van der Waals surface area (Å²) in [5, 5.41) is 5.33. The van der Waals surface area contributed by atoms with Gasteiger partial charge in [-0.3, -0.25) is 14.6 Å². The molecule has 1 N–H and O–H groups in total. The molecule has 0 radical (unpaired) electrons. The third-order valence-electron chi connectivity index (χ3n) is 7.17. The van der Waals surface area contributed by atoms with Crippen LogP contribution < -0.4 is 10.2 Å². The van der Waals surface area contributed by atoms with E-state index in [0.29, 0.717) is 24.9 Å². The molecule has 1 aromatic carbocycles. The number of piperazine rings is 1. The molecule has 0 bridgehead atoms. The Morgan fingerprint density at radius 2 is 1.89 bits per heavy atom. The third kappa shape index (κ3) is 5.66. The minimum absolute atomic E-state index is 0.0118. The van der Waals surface area contributed by atoms with Crippen LogP contribution in [0.5, 0.6) is 0 Å². The fraction of sp³-hybridized carbons (Fsp3) is 0.429. The molecular formula is C28H34N6O3S. The van der Waals surface area contributed by atoms with Gasteiger partial charge in [0.15, 0.2) is 5.82 Å². The Morgan fingerprint density at radius 1 is 1.16 bits per heavy atom. The van der Waals surface area contributed by atoms with Gasteiger partial charge in [0.05, 0.1) is 16.3 Å². The lowest BCUT2D eigenvalue weighted by Gasteiger charge is -2.34. The van der Waals surface area contributed by atoms with Crippen molar-refractivity contribution in [1.82, 2.24) is 19.8 Å². The number of nitrogens with zero attached hydrogens (tertiary/aromatic N) is 5. The molecule has 2 saturated heterocycles. The number of carbonyl (C=O) groups excluding carboxylic acids is 2. The van der Waals surface area contributed by atoms with Gasteiger partial charge in [-0.2, -0.15) is 4.98 Å². The molecule has 2 amide bonds. The van der Waals surface area contributed by atoms with Crippen molar-refractivity contribution >= 4 is 45.3 Å². The summed E-state index contributed by atoms with van der Waals surface area (Å²) in [5.74, 6) is 1.39. The van der Waals surface area contributed by atoms with Gasteiger partial charge >= 0.3 is 6.09 Å². The third-order valence-corrected chi connectivity index (χ3v) is 8.07. The van der Waals surface area contributed by atoms with Crippen LogP contribution >= 0.6 is 11.3 Å². The number of anilines is 2. The summed E-state index contributed by atoms with van der Waals surface area (Å²) in [6, 6.07) is 10.6. The van der Waals surface area contributed by atoms with Crippen LogP contribution in [0.2, 0.25) is 0 Å². The first-order valence-electron chi connectivity index (χ1n) is 13.1. The number of rotatable bonds is 9. The highest BCUT2D eigenvalue weighted by atomic mass is 32.1. The fourth-order valence-corrected chi connectivity index (χ4v) is 5.72. The molecule has 9 nitrogen and oxygen atoms in total. The molecule has 38 heavy (non-hydrogen) atoms. The van der Waals surface area contributed by atoms with E-state index in [1.807, 2.05) is 16.3 Å². The zero-order valence-electron chi connectivity index (χ0n) is 21.9. The molecule has 2 fully saturated rings. The van der Waals surface area contributed by atoms with Crippen LogP contribution in [-0.4, -0.2) is 77.1 Å². The zero-order chi connectivity index (χ0) is 26.6. The van der Waals surface area contributed by atoms with Gasteiger partial charge in [-0.05, 0) is 41.0 Å². The predicted octanol–water partition coefficient (Wildman–Crippen LogP) is 4.16. The highest BCUT2D eigenvalue weighted by molar-refractivity contribution is 7.17. The molecule has 0 spiro atoms. The summed E-state index contributed by atoms with van der Waals surface area (Å²) in [5.41, 5.74) is 3.31. The number of thiophene rings is 1. The van der Waals surface area contributed by atoms with Crippen molar-refractivity contribution in [3.05, 3.63) is 59.5 Å². The van der Waals surface area contributed by atoms with Crippen molar-refractivity contribution in [2.75, 3.05) is 49.5 Å². The van der Waals surface area contributed by atoms with Gasteiger partial charge in [-0.25, -0.2) is 9.78 Å². The smallest absolute Gasteiger partial charge is 0.415 e. The van der Waals surface area contributed by atoms with Crippen molar-refractivity contribution in [2.24, 2.45) is 5.92 Å². The maximum Gasteiger partial charge on any atom is 0.415 e. The van der Waals surface area contributed by atoms with Crippen molar-refractivity contribution in [3.8, 4) is 0 Å². The fourth-order valence-electron chi connectivity index (χ4n) is 4.90. The van der Waals surface area contributed by atoms with E-state index in [4.69, 9.17) is 9.72 Å². The van der Waals surface area contributed by atoms with E-state index in [1.54, 1.807) is 4.90 Å². The van der Waals surface area contributed by atoms with Gasteiger partial charge in [-0.1, -0.05) is 44.7 Å². The second kappa shape index (κ2) is 11.5. The number of amides is 2. The van der Waals surface area contributed by atoms with E-state index >= 15 is 0 Å². The molecule has 3 aromatic rings. The quantitative estimate of drug-likeness (QED) is 0.412. The lowest BCUT2D eigenvalue weighted by molar-refractivity contribution is -0.127. The van der Waals surface area contributed by atoms with Crippen LogP contribution in [0, 0.1) is 5.92 Å². The Morgan fingerprint density at radius 3 is 2.61 bits per heavy atom. The highest BCUT2D eigenvalue weighted by Crippen LogP contribution is 2.34. The summed E-state index contributed by atoms with van der Waals surface area (Å²) in [6.07, 6.45) is 1.86. The van der Waals surface area contributed by atoms with E-state index in [9.17, 15) is 9.59 Å². The average molecular weight is 535 g/mol. The summed E-state index contributed by atoms with van der Waals surface area (Å²) in [6.45, 7) is 12.9. The number of fused-ring (bicyclic) bond motifs is 1. The molecule has 0 unspecified atom stereocenters. The molecule has 2 aliphatic rings. The molecule has 4 heterocycles. The van der Waals surface area contributed by atoms with Gasteiger partial charge in [-0.15, -0.1) is 11.3 Å². The van der Waals surface area contributed by atoms with Crippen LogP contribution in [0.25, 0.3) is 10.2 Å². The number of ether oxygens (including phenoxy) is 1. The van der Waals surface area contributed by atoms with Gasteiger partial charge in [0.2, 0.25) is 11.9 Å². The number of cyclic esters (lactones) is 1. The molecule has 2 aliphatic heterocycles. The van der Waals surface area contributed by atoms with Crippen molar-refractivity contribution in [2.45, 2.75) is 32.9 Å². The Bertz CT molecular complexity index is 1300. The molecule has 10 heteroatoms. The van der Waals surface area contributed by atoms with Crippen molar-refractivity contribution in [1.29, 1.82) is 0 Å². The maximum atomic E-state index is 12.6. The molecule has 200 valence electrons. The largest absolute Gasteiger partial charge is 0.447 e. The van der Waals surface area contributed by atoms with E-state index in [2.05, 4.69) is 59.9 Å².